The van der Waals surface area contributed by atoms with Gasteiger partial charge in [0.25, 0.3) is 0 Å². The molecule has 0 aromatic heterocycles. The lowest BCUT2D eigenvalue weighted by Crippen LogP contribution is -2.61. The molecule has 0 radical (unpaired) electrons. The first kappa shape index (κ1) is 33.5. The van der Waals surface area contributed by atoms with Gasteiger partial charge in [-0.05, 0) is 77.9 Å². The van der Waals surface area contributed by atoms with Crippen molar-refractivity contribution in [1.82, 2.24) is 0 Å². The van der Waals surface area contributed by atoms with Crippen LogP contribution < -0.4 is 0 Å². The number of benzene rings is 3. The fourth-order valence-corrected chi connectivity index (χ4v) is 5.74. The number of aromatic hydroxyl groups is 4. The van der Waals surface area contributed by atoms with Crippen molar-refractivity contribution in [2.45, 2.75) is 62.5 Å². The third-order valence-corrected chi connectivity index (χ3v) is 8.00. The highest BCUT2D eigenvalue weighted by molar-refractivity contribution is 5.87. The second-order valence-corrected chi connectivity index (χ2v) is 11.5. The van der Waals surface area contributed by atoms with Crippen LogP contribution in [-0.4, -0.2) is 86.0 Å². The number of aliphatic hydroxyl groups excluding tert-OH is 2. The molecule has 1 aliphatic carbocycles. The topological polar surface area (TPSA) is 192 Å². The average molecular weight is 649 g/mol. The van der Waals surface area contributed by atoms with Crippen molar-refractivity contribution in [1.29, 1.82) is 0 Å². The summed E-state index contributed by atoms with van der Waals surface area (Å²) in [6, 6.07) is 14.9. The molecule has 0 amide bonds. The predicted octanol–water partition coefficient (Wildman–Crippen LogP) is 3.27. The van der Waals surface area contributed by atoms with Crippen molar-refractivity contribution in [3.8, 4) is 23.0 Å². The fraction of sp³-hybridized carbons (Fsp3) is 0.314. The number of fused-ring (bicyclic) bond motifs is 1. The van der Waals surface area contributed by atoms with Gasteiger partial charge in [-0.1, -0.05) is 31.2 Å². The molecule has 0 spiro atoms. The molecule has 5 rings (SSSR count). The Kier molecular flexibility index (Phi) is 10.5. The van der Waals surface area contributed by atoms with Gasteiger partial charge >= 0.3 is 11.9 Å². The van der Waals surface area contributed by atoms with Crippen molar-refractivity contribution < 1.29 is 59.2 Å². The van der Waals surface area contributed by atoms with Gasteiger partial charge in [-0.2, -0.15) is 0 Å². The highest BCUT2D eigenvalue weighted by atomic mass is 16.7. The number of hydrogen-bond donors (Lipinski definition) is 6. The van der Waals surface area contributed by atoms with Crippen LogP contribution in [0.2, 0.25) is 0 Å². The summed E-state index contributed by atoms with van der Waals surface area (Å²) in [5, 5.41) is 61.4. The van der Waals surface area contributed by atoms with Crippen LogP contribution in [-0.2, 0) is 35.0 Å². The zero-order chi connectivity index (χ0) is 33.7. The minimum atomic E-state index is -1.70. The molecule has 1 fully saturated rings. The molecule has 2 aliphatic rings. The summed E-state index contributed by atoms with van der Waals surface area (Å²) < 4.78 is 22.9. The Labute approximate surface area is 270 Å². The van der Waals surface area contributed by atoms with Gasteiger partial charge in [-0.25, -0.2) is 9.59 Å². The molecule has 3 aromatic carbocycles. The zero-order valence-corrected chi connectivity index (χ0v) is 25.4. The quantitative estimate of drug-likeness (QED) is 0.147. The normalized spacial score (nSPS) is 25.8. The Morgan fingerprint density at radius 2 is 1.43 bits per heavy atom. The second kappa shape index (κ2) is 14.7. The SMILES string of the molecule is C[C@@H]1C[C@@H](O[C@@H]2O[C@@H](COC(=O)C=Cc3ccc(O)cc3)[C@@H](OC(=O)C=Cc3ccc(O)cc3)[C@@H](O)[C@H]2O)Cc2cc(O)cc(O)c21. The summed E-state index contributed by atoms with van der Waals surface area (Å²) in [4.78, 5) is 25.3. The maximum atomic E-state index is 12.8. The molecule has 12 nitrogen and oxygen atoms in total. The first-order valence-electron chi connectivity index (χ1n) is 15.0. The number of ether oxygens (including phenoxy) is 4. The molecular weight excluding hydrogens is 612 g/mol. The number of phenolic OH excluding ortho intramolecular Hbond substituents is 4. The van der Waals surface area contributed by atoms with Crippen LogP contribution in [0.5, 0.6) is 23.0 Å². The molecule has 1 heterocycles. The van der Waals surface area contributed by atoms with Gasteiger partial charge in [0.05, 0.1) is 6.10 Å². The third-order valence-electron chi connectivity index (χ3n) is 8.00. The van der Waals surface area contributed by atoms with Gasteiger partial charge in [0.2, 0.25) is 0 Å². The van der Waals surface area contributed by atoms with E-state index in [1.165, 1.54) is 48.6 Å². The molecule has 3 aromatic rings. The van der Waals surface area contributed by atoms with E-state index < -0.39 is 55.4 Å². The van der Waals surface area contributed by atoms with E-state index in [0.717, 1.165) is 12.2 Å². The summed E-state index contributed by atoms with van der Waals surface area (Å²) in [7, 11) is 0. The number of rotatable bonds is 9. The molecule has 1 aliphatic heterocycles. The Hall–Kier alpha value is -4.88. The molecule has 0 saturated carbocycles. The Morgan fingerprint density at radius 1 is 0.830 bits per heavy atom. The van der Waals surface area contributed by atoms with Crippen molar-refractivity contribution in [2.24, 2.45) is 0 Å². The minimum Gasteiger partial charge on any atom is -0.508 e. The highest BCUT2D eigenvalue weighted by Crippen LogP contribution is 2.41. The van der Waals surface area contributed by atoms with E-state index in [1.807, 2.05) is 6.92 Å². The number of phenols is 4. The number of carbonyl (C=O) groups is 2. The molecule has 7 atom stereocenters. The summed E-state index contributed by atoms with van der Waals surface area (Å²) in [5.74, 6) is -1.83. The fourth-order valence-electron chi connectivity index (χ4n) is 5.74. The molecule has 0 bridgehead atoms. The predicted molar refractivity (Wildman–Crippen MR) is 167 cm³/mol. The summed E-state index contributed by atoms with van der Waals surface area (Å²) in [6.07, 6.45) is -2.18. The van der Waals surface area contributed by atoms with Crippen LogP contribution in [0.1, 0.15) is 41.5 Å². The van der Waals surface area contributed by atoms with Crippen LogP contribution >= 0.6 is 0 Å². The summed E-state index contributed by atoms with van der Waals surface area (Å²) in [5.41, 5.74) is 2.56. The third kappa shape index (κ3) is 8.48. The average Bonchev–Trinajstić information content (AvgIpc) is 3.02. The molecule has 6 N–H and O–H groups in total. The monoisotopic (exact) mass is 648 g/mol. The Balaban J connectivity index is 1.30. The first-order valence-corrected chi connectivity index (χ1v) is 15.0. The van der Waals surface area contributed by atoms with E-state index in [4.69, 9.17) is 18.9 Å². The molecule has 47 heavy (non-hydrogen) atoms. The van der Waals surface area contributed by atoms with E-state index in [9.17, 15) is 40.2 Å². The van der Waals surface area contributed by atoms with Gasteiger partial charge in [-0.3, -0.25) is 0 Å². The Bertz CT molecular complexity index is 1610. The molecule has 248 valence electrons. The van der Waals surface area contributed by atoms with Crippen LogP contribution in [0.25, 0.3) is 12.2 Å². The van der Waals surface area contributed by atoms with Gasteiger partial charge in [0.1, 0.15) is 47.9 Å². The summed E-state index contributed by atoms with van der Waals surface area (Å²) >= 11 is 0. The smallest absolute Gasteiger partial charge is 0.331 e. The largest absolute Gasteiger partial charge is 0.508 e. The lowest BCUT2D eigenvalue weighted by atomic mass is 9.81. The van der Waals surface area contributed by atoms with Crippen LogP contribution in [0.4, 0.5) is 0 Å². The van der Waals surface area contributed by atoms with Crippen molar-refractivity contribution in [2.75, 3.05) is 6.61 Å². The molecule has 12 heteroatoms. The molecular formula is C35H36O12. The van der Waals surface area contributed by atoms with Crippen molar-refractivity contribution in [3.63, 3.8) is 0 Å². The van der Waals surface area contributed by atoms with E-state index >= 15 is 0 Å². The van der Waals surface area contributed by atoms with E-state index in [0.29, 0.717) is 28.7 Å². The Morgan fingerprint density at radius 3 is 2.04 bits per heavy atom. The van der Waals surface area contributed by atoms with Crippen LogP contribution in [0.15, 0.2) is 72.8 Å². The minimum absolute atomic E-state index is 0.0271. The molecule has 1 saturated heterocycles. The van der Waals surface area contributed by atoms with Crippen LogP contribution in [0, 0.1) is 0 Å². The zero-order valence-electron chi connectivity index (χ0n) is 25.4. The first-order chi connectivity index (χ1) is 22.5. The lowest BCUT2D eigenvalue weighted by molar-refractivity contribution is -0.313. The van der Waals surface area contributed by atoms with Gasteiger partial charge in [-0.15, -0.1) is 0 Å². The van der Waals surface area contributed by atoms with E-state index in [2.05, 4.69) is 0 Å². The van der Waals surface area contributed by atoms with E-state index in [1.54, 1.807) is 24.3 Å². The van der Waals surface area contributed by atoms with E-state index in [-0.39, 0.29) is 35.3 Å². The van der Waals surface area contributed by atoms with Crippen molar-refractivity contribution in [3.05, 3.63) is 95.1 Å². The van der Waals surface area contributed by atoms with Crippen molar-refractivity contribution >= 4 is 24.1 Å². The summed E-state index contributed by atoms with van der Waals surface area (Å²) in [6.45, 7) is 1.40. The number of esters is 2. The number of aliphatic hydroxyl groups is 2. The second-order valence-electron chi connectivity index (χ2n) is 11.5. The van der Waals surface area contributed by atoms with Gasteiger partial charge < -0.3 is 49.6 Å². The maximum Gasteiger partial charge on any atom is 0.331 e. The number of carbonyl (C=O) groups excluding carboxylic acids is 2. The molecule has 0 unspecified atom stereocenters. The van der Waals surface area contributed by atoms with Gasteiger partial charge in [0.15, 0.2) is 12.4 Å². The maximum absolute atomic E-state index is 12.8. The van der Waals surface area contributed by atoms with Gasteiger partial charge in [0, 0.05) is 23.8 Å². The lowest BCUT2D eigenvalue weighted by Gasteiger charge is -2.43. The standard InChI is InChI=1S/C35H36O12/c1-19-14-26(16-22-15-25(38)17-27(39)31(19)22)45-35-33(43)32(42)34(47-30(41)13-7-21-4-10-24(37)11-5-21)28(46-35)18-44-29(40)12-6-20-2-8-23(36)9-3-20/h2-13,15,17,19,26,28,32-39,42-43H,14,16,18H2,1H3/t19-,26-,28+,32+,33-,34-,35-/m1/s1. The number of hydrogen-bond acceptors (Lipinski definition) is 12. The van der Waals surface area contributed by atoms with Crippen LogP contribution in [0.3, 0.4) is 0 Å². The highest BCUT2D eigenvalue weighted by Gasteiger charge is 2.48.